The highest BCUT2D eigenvalue weighted by molar-refractivity contribution is 5.96. The molecular formula is C25H30N4O4. The number of aliphatic carboxylic acids is 1. The van der Waals surface area contributed by atoms with Crippen LogP contribution in [-0.2, 0) is 9.59 Å². The topological polar surface area (TPSA) is 97.9 Å². The molecule has 1 fully saturated rings. The molecule has 4 rings (SSSR count). The summed E-state index contributed by atoms with van der Waals surface area (Å²) in [4.78, 5) is 31.9. The standard InChI is InChI=1S/C25H30N4O4/c1-16(2)24(30)27-17-7-8-22-20(13-17)21(15-26-22)23(25(31)32)29-11-9-28(10-12-29)18-5-4-6-19(14-18)33-3/h4-8,13-16,23,26H,9-12H2,1-3H3,(H,27,30)(H,31,32). The highest BCUT2D eigenvalue weighted by atomic mass is 16.5. The first kappa shape index (κ1) is 22.7. The molecule has 1 unspecified atom stereocenters. The molecule has 0 spiro atoms. The molecule has 1 aliphatic rings. The molecule has 1 atom stereocenters. The van der Waals surface area contributed by atoms with Crippen molar-refractivity contribution in [3.8, 4) is 5.75 Å². The lowest BCUT2D eigenvalue weighted by molar-refractivity contribution is -0.143. The minimum atomic E-state index is -0.887. The van der Waals surface area contributed by atoms with Crippen LogP contribution in [0.15, 0.2) is 48.7 Å². The molecule has 0 radical (unpaired) electrons. The van der Waals surface area contributed by atoms with Crippen molar-refractivity contribution in [2.75, 3.05) is 43.5 Å². The molecule has 2 heterocycles. The Kier molecular flexibility index (Phi) is 6.55. The molecule has 2 aromatic carbocycles. The monoisotopic (exact) mass is 450 g/mol. The average molecular weight is 451 g/mol. The summed E-state index contributed by atoms with van der Waals surface area (Å²) in [5, 5.41) is 13.8. The van der Waals surface area contributed by atoms with Gasteiger partial charge in [-0.05, 0) is 30.3 Å². The molecular weight excluding hydrogens is 420 g/mol. The highest BCUT2D eigenvalue weighted by Gasteiger charge is 2.32. The maximum atomic E-state index is 12.4. The van der Waals surface area contributed by atoms with Gasteiger partial charge < -0.3 is 25.0 Å². The number of nitrogens with one attached hydrogen (secondary N) is 2. The lowest BCUT2D eigenvalue weighted by atomic mass is 10.0. The van der Waals surface area contributed by atoms with Crippen molar-refractivity contribution in [3.05, 3.63) is 54.2 Å². The van der Waals surface area contributed by atoms with Gasteiger partial charge in [-0.25, -0.2) is 0 Å². The second-order valence-electron chi connectivity index (χ2n) is 8.61. The average Bonchev–Trinajstić information content (AvgIpc) is 3.22. The number of ether oxygens (including phenoxy) is 1. The molecule has 1 saturated heterocycles. The number of aromatic amines is 1. The second kappa shape index (κ2) is 9.54. The number of hydrogen-bond acceptors (Lipinski definition) is 5. The molecule has 3 N–H and O–H groups in total. The van der Waals surface area contributed by atoms with Gasteiger partial charge in [0.25, 0.3) is 0 Å². The third-order valence-electron chi connectivity index (χ3n) is 6.13. The zero-order valence-corrected chi connectivity index (χ0v) is 19.2. The van der Waals surface area contributed by atoms with E-state index >= 15 is 0 Å². The predicted molar refractivity (Wildman–Crippen MR) is 129 cm³/mol. The molecule has 174 valence electrons. The van der Waals surface area contributed by atoms with E-state index in [1.807, 2.05) is 61.2 Å². The predicted octanol–water partition coefficient (Wildman–Crippen LogP) is 3.72. The van der Waals surface area contributed by atoms with E-state index in [2.05, 4.69) is 15.2 Å². The van der Waals surface area contributed by atoms with Gasteiger partial charge in [-0.1, -0.05) is 19.9 Å². The van der Waals surface area contributed by atoms with Gasteiger partial charge in [0.15, 0.2) is 0 Å². The van der Waals surface area contributed by atoms with Crippen molar-refractivity contribution >= 4 is 34.2 Å². The third-order valence-corrected chi connectivity index (χ3v) is 6.13. The molecule has 0 aliphatic carbocycles. The van der Waals surface area contributed by atoms with E-state index in [4.69, 9.17) is 4.74 Å². The number of hydrogen-bond donors (Lipinski definition) is 3. The second-order valence-corrected chi connectivity index (χ2v) is 8.61. The first-order valence-electron chi connectivity index (χ1n) is 11.1. The van der Waals surface area contributed by atoms with Gasteiger partial charge in [0, 0.05) is 72.2 Å². The Labute approximate surface area is 193 Å². The third kappa shape index (κ3) is 4.80. The van der Waals surface area contributed by atoms with Crippen LogP contribution in [-0.4, -0.2) is 60.2 Å². The lowest BCUT2D eigenvalue weighted by Crippen LogP contribution is -2.49. The van der Waals surface area contributed by atoms with Gasteiger partial charge in [0.2, 0.25) is 5.91 Å². The van der Waals surface area contributed by atoms with Crippen LogP contribution in [0.3, 0.4) is 0 Å². The van der Waals surface area contributed by atoms with Crippen molar-refractivity contribution in [1.82, 2.24) is 9.88 Å². The van der Waals surface area contributed by atoms with Gasteiger partial charge in [0.05, 0.1) is 7.11 Å². The summed E-state index contributed by atoms with van der Waals surface area (Å²) >= 11 is 0. The summed E-state index contributed by atoms with van der Waals surface area (Å²) in [5.74, 6) is -0.297. The van der Waals surface area contributed by atoms with Crippen molar-refractivity contribution in [2.45, 2.75) is 19.9 Å². The van der Waals surface area contributed by atoms with Crippen LogP contribution in [0.1, 0.15) is 25.5 Å². The van der Waals surface area contributed by atoms with Crippen LogP contribution < -0.4 is 15.0 Å². The smallest absolute Gasteiger partial charge is 0.325 e. The SMILES string of the molecule is COc1cccc(N2CCN(C(C(=O)O)c3c[nH]c4ccc(NC(=O)C(C)C)cc34)CC2)c1. The summed E-state index contributed by atoms with van der Waals surface area (Å²) < 4.78 is 5.33. The number of benzene rings is 2. The first-order chi connectivity index (χ1) is 15.9. The van der Waals surface area contributed by atoms with Gasteiger partial charge in [0.1, 0.15) is 11.8 Å². The fourth-order valence-corrected chi connectivity index (χ4v) is 4.26. The van der Waals surface area contributed by atoms with Crippen molar-refractivity contribution in [3.63, 3.8) is 0 Å². The van der Waals surface area contributed by atoms with E-state index in [1.54, 1.807) is 13.3 Å². The number of anilines is 2. The van der Waals surface area contributed by atoms with Crippen LogP contribution in [0.2, 0.25) is 0 Å². The van der Waals surface area contributed by atoms with Crippen LogP contribution in [0, 0.1) is 5.92 Å². The molecule has 8 heteroatoms. The van der Waals surface area contributed by atoms with E-state index in [0.717, 1.165) is 35.4 Å². The van der Waals surface area contributed by atoms with Crippen molar-refractivity contribution in [2.24, 2.45) is 5.92 Å². The number of fused-ring (bicyclic) bond motifs is 1. The quantitative estimate of drug-likeness (QED) is 0.508. The number of nitrogens with zero attached hydrogens (tertiary/aromatic N) is 2. The number of carbonyl (C=O) groups excluding carboxylic acids is 1. The Hall–Kier alpha value is -3.52. The summed E-state index contributed by atoms with van der Waals surface area (Å²) in [5.41, 5.74) is 3.27. The number of H-pyrrole nitrogens is 1. The molecule has 0 bridgehead atoms. The van der Waals surface area contributed by atoms with E-state index in [-0.39, 0.29) is 11.8 Å². The molecule has 1 aromatic heterocycles. The van der Waals surface area contributed by atoms with Crippen LogP contribution in [0.4, 0.5) is 11.4 Å². The number of methoxy groups -OCH3 is 1. The zero-order valence-electron chi connectivity index (χ0n) is 19.2. The summed E-state index contributed by atoms with van der Waals surface area (Å²) in [7, 11) is 1.65. The molecule has 1 aliphatic heterocycles. The van der Waals surface area contributed by atoms with Crippen LogP contribution in [0.5, 0.6) is 5.75 Å². The van der Waals surface area contributed by atoms with Crippen molar-refractivity contribution in [1.29, 1.82) is 0 Å². The normalized spacial score (nSPS) is 15.6. The Morgan fingerprint density at radius 2 is 1.85 bits per heavy atom. The van der Waals surface area contributed by atoms with Crippen molar-refractivity contribution < 1.29 is 19.4 Å². The zero-order chi connectivity index (χ0) is 23.5. The number of piperazine rings is 1. The molecule has 3 aromatic rings. The Morgan fingerprint density at radius 1 is 1.09 bits per heavy atom. The van der Waals surface area contributed by atoms with Crippen LogP contribution >= 0.6 is 0 Å². The summed E-state index contributed by atoms with van der Waals surface area (Å²) in [6.07, 6.45) is 1.77. The van der Waals surface area contributed by atoms with Crippen LogP contribution in [0.25, 0.3) is 10.9 Å². The number of carboxylic acids is 1. The van der Waals surface area contributed by atoms with E-state index in [9.17, 15) is 14.7 Å². The maximum Gasteiger partial charge on any atom is 0.325 e. The maximum absolute atomic E-state index is 12.4. The molecule has 0 saturated carbocycles. The Balaban J connectivity index is 1.55. The minimum absolute atomic E-state index is 0.0742. The first-order valence-corrected chi connectivity index (χ1v) is 11.1. The fourth-order valence-electron chi connectivity index (χ4n) is 4.26. The molecule has 1 amide bonds. The molecule has 8 nitrogen and oxygen atoms in total. The van der Waals surface area contributed by atoms with E-state index in [1.165, 1.54) is 0 Å². The Bertz CT molecular complexity index is 1150. The number of rotatable bonds is 7. The number of carboxylic acid groups (broad SMARTS) is 1. The van der Waals surface area contributed by atoms with E-state index in [0.29, 0.717) is 24.3 Å². The van der Waals surface area contributed by atoms with E-state index < -0.39 is 12.0 Å². The van der Waals surface area contributed by atoms with Gasteiger partial charge in [-0.15, -0.1) is 0 Å². The van der Waals surface area contributed by atoms with Gasteiger partial charge >= 0.3 is 5.97 Å². The van der Waals surface area contributed by atoms with Gasteiger partial charge in [-0.2, -0.15) is 0 Å². The largest absolute Gasteiger partial charge is 0.497 e. The lowest BCUT2D eigenvalue weighted by Gasteiger charge is -2.38. The minimum Gasteiger partial charge on any atom is -0.497 e. The number of aromatic nitrogens is 1. The summed E-state index contributed by atoms with van der Waals surface area (Å²) in [6, 6.07) is 12.7. The Morgan fingerprint density at radius 3 is 2.52 bits per heavy atom. The number of carbonyl (C=O) groups is 2. The number of amides is 1. The van der Waals surface area contributed by atoms with Gasteiger partial charge in [-0.3, -0.25) is 14.5 Å². The molecule has 33 heavy (non-hydrogen) atoms. The fraction of sp³-hybridized carbons (Fsp3) is 0.360. The highest BCUT2D eigenvalue weighted by Crippen LogP contribution is 2.32. The summed E-state index contributed by atoms with van der Waals surface area (Å²) in [6.45, 7) is 6.33.